The molecule has 0 aliphatic carbocycles. The Hall–Kier alpha value is -3.59. The minimum atomic E-state index is -1.50. The van der Waals surface area contributed by atoms with Gasteiger partial charge in [0.05, 0.1) is 30.9 Å². The number of methoxy groups -OCH3 is 1. The van der Waals surface area contributed by atoms with E-state index in [0.29, 0.717) is 30.8 Å². The Labute approximate surface area is 226 Å². The summed E-state index contributed by atoms with van der Waals surface area (Å²) in [4.78, 5) is 22.2. The van der Waals surface area contributed by atoms with Crippen LogP contribution in [-0.4, -0.2) is 57.5 Å². The Morgan fingerprint density at radius 3 is 2.54 bits per heavy atom. The van der Waals surface area contributed by atoms with Crippen molar-refractivity contribution in [2.75, 3.05) is 20.2 Å². The number of amides is 1. The normalized spacial score (nSPS) is 21.8. The highest BCUT2D eigenvalue weighted by Crippen LogP contribution is 2.38. The largest absolute Gasteiger partial charge is 0.495 e. The van der Waals surface area contributed by atoms with Gasteiger partial charge < -0.3 is 14.2 Å². The van der Waals surface area contributed by atoms with Gasteiger partial charge in [0, 0.05) is 36.9 Å². The number of nitrogens with zero attached hydrogens (tertiary/aromatic N) is 4. The number of ether oxygens (including phenoxy) is 1. The Bertz CT molecular complexity index is 1400. The summed E-state index contributed by atoms with van der Waals surface area (Å²) in [7, 11) is 1.60. The van der Waals surface area contributed by atoms with Crippen molar-refractivity contribution in [2.45, 2.75) is 58.2 Å². The quantitative estimate of drug-likeness (QED) is 0.293. The molecule has 2 fully saturated rings. The predicted octanol–water partition coefficient (Wildman–Crippen LogP) is 5.84. The Kier molecular flexibility index (Phi) is 7.53. The number of piperazine rings is 1. The lowest BCUT2D eigenvalue weighted by Crippen LogP contribution is -2.60. The van der Waals surface area contributed by atoms with E-state index in [4.69, 9.17) is 4.74 Å². The van der Waals surface area contributed by atoms with Crippen molar-refractivity contribution in [1.82, 2.24) is 19.4 Å². The average molecular weight is 539 g/mol. The van der Waals surface area contributed by atoms with Crippen LogP contribution >= 0.6 is 0 Å². The lowest BCUT2D eigenvalue weighted by atomic mass is 9.88. The second-order valence-corrected chi connectivity index (χ2v) is 10.5. The molecule has 0 saturated carbocycles. The van der Waals surface area contributed by atoms with Crippen LogP contribution in [0.2, 0.25) is 0 Å². The molecule has 2 aromatic carbocycles. The van der Waals surface area contributed by atoms with Crippen LogP contribution in [-0.2, 0) is 4.79 Å². The summed E-state index contributed by atoms with van der Waals surface area (Å²) in [6, 6.07) is 7.28. The van der Waals surface area contributed by atoms with Crippen molar-refractivity contribution in [1.29, 1.82) is 0 Å². The minimum absolute atomic E-state index is 0.111. The van der Waals surface area contributed by atoms with Gasteiger partial charge in [-0.25, -0.2) is 18.2 Å². The number of aryl methyl sites for hydroxylation is 1. The van der Waals surface area contributed by atoms with E-state index in [1.807, 2.05) is 42.0 Å². The van der Waals surface area contributed by atoms with Gasteiger partial charge in [0.1, 0.15) is 5.75 Å². The summed E-state index contributed by atoms with van der Waals surface area (Å²) in [5.41, 5.74) is 3.40. The lowest BCUT2D eigenvalue weighted by molar-refractivity contribution is -0.140. The van der Waals surface area contributed by atoms with Crippen molar-refractivity contribution < 1.29 is 22.7 Å². The van der Waals surface area contributed by atoms with Gasteiger partial charge in [-0.3, -0.25) is 9.69 Å². The van der Waals surface area contributed by atoms with E-state index in [9.17, 15) is 18.0 Å². The van der Waals surface area contributed by atoms with Crippen LogP contribution in [0.3, 0.4) is 0 Å². The molecule has 3 atom stereocenters. The van der Waals surface area contributed by atoms with Crippen LogP contribution in [0.5, 0.6) is 5.75 Å². The number of piperidine rings is 1. The molecule has 1 amide bonds. The van der Waals surface area contributed by atoms with Gasteiger partial charge in [0.25, 0.3) is 5.91 Å². The molecule has 9 heteroatoms. The predicted molar refractivity (Wildman–Crippen MR) is 143 cm³/mol. The summed E-state index contributed by atoms with van der Waals surface area (Å²) >= 11 is 0. The Morgan fingerprint density at radius 1 is 1.15 bits per heavy atom. The summed E-state index contributed by atoms with van der Waals surface area (Å²) in [5.74, 6) is -3.53. The first kappa shape index (κ1) is 27.0. The highest BCUT2D eigenvalue weighted by Gasteiger charge is 2.43. The first-order valence-corrected chi connectivity index (χ1v) is 13.3. The van der Waals surface area contributed by atoms with Gasteiger partial charge in [-0.1, -0.05) is 13.0 Å². The van der Waals surface area contributed by atoms with Crippen molar-refractivity contribution >= 4 is 12.0 Å². The zero-order chi connectivity index (χ0) is 27.8. The van der Waals surface area contributed by atoms with Crippen LogP contribution in [0.1, 0.15) is 56.0 Å². The zero-order valence-corrected chi connectivity index (χ0v) is 22.6. The topological polar surface area (TPSA) is 50.6 Å². The van der Waals surface area contributed by atoms with Crippen molar-refractivity contribution in [3.05, 3.63) is 82.7 Å². The number of imidazole rings is 1. The van der Waals surface area contributed by atoms with Gasteiger partial charge in [0.2, 0.25) is 0 Å². The molecule has 3 heterocycles. The third-order valence-electron chi connectivity index (χ3n) is 7.98. The molecule has 2 unspecified atom stereocenters. The van der Waals surface area contributed by atoms with Crippen LogP contribution in [0.4, 0.5) is 13.2 Å². The second-order valence-electron chi connectivity index (χ2n) is 10.5. The molecule has 2 saturated heterocycles. The van der Waals surface area contributed by atoms with E-state index in [-0.39, 0.29) is 23.6 Å². The number of fused-ring (bicyclic) bond motifs is 1. The fourth-order valence-electron chi connectivity index (χ4n) is 5.67. The second kappa shape index (κ2) is 10.9. The molecule has 206 valence electrons. The van der Waals surface area contributed by atoms with E-state index < -0.39 is 23.5 Å². The number of aromatic nitrogens is 2. The molecule has 1 aromatic heterocycles. The summed E-state index contributed by atoms with van der Waals surface area (Å²) in [6.07, 6.45) is 7.68. The minimum Gasteiger partial charge on any atom is -0.495 e. The number of carbonyl (C=O) groups excluding carboxylic acids is 1. The SMILES string of the molecule is CCC(C)N1CC(c2cc(F)c(F)c(F)c2)N2C(=O)/C(=C/c3ccc(-n4cnc(C)c4)c(OC)c3)CC[C@@H]2C1. The van der Waals surface area contributed by atoms with E-state index >= 15 is 0 Å². The number of rotatable bonds is 6. The molecule has 39 heavy (non-hydrogen) atoms. The molecule has 3 aromatic rings. The maximum absolute atomic E-state index is 14.3. The molecule has 0 bridgehead atoms. The maximum atomic E-state index is 14.3. The maximum Gasteiger partial charge on any atom is 0.250 e. The van der Waals surface area contributed by atoms with E-state index in [0.717, 1.165) is 41.9 Å². The van der Waals surface area contributed by atoms with Gasteiger partial charge in [0.15, 0.2) is 17.5 Å². The van der Waals surface area contributed by atoms with Gasteiger partial charge >= 0.3 is 0 Å². The smallest absolute Gasteiger partial charge is 0.250 e. The third kappa shape index (κ3) is 5.20. The molecule has 2 aliphatic heterocycles. The molecule has 0 spiro atoms. The number of hydrogen-bond donors (Lipinski definition) is 0. The molecule has 0 N–H and O–H groups in total. The van der Waals surface area contributed by atoms with Crippen LogP contribution in [0.25, 0.3) is 11.8 Å². The van der Waals surface area contributed by atoms with Crippen molar-refractivity contribution in [3.63, 3.8) is 0 Å². The van der Waals surface area contributed by atoms with Gasteiger partial charge in [-0.15, -0.1) is 0 Å². The fraction of sp³-hybridized carbons (Fsp3) is 0.400. The first-order chi connectivity index (χ1) is 18.7. The number of benzene rings is 2. The summed E-state index contributed by atoms with van der Waals surface area (Å²) in [5, 5.41) is 0. The number of hydrogen-bond acceptors (Lipinski definition) is 4. The van der Waals surface area contributed by atoms with E-state index in [1.165, 1.54) is 0 Å². The monoisotopic (exact) mass is 538 g/mol. The molecular weight excluding hydrogens is 505 g/mol. The zero-order valence-electron chi connectivity index (χ0n) is 22.6. The number of carbonyl (C=O) groups is 1. The third-order valence-corrected chi connectivity index (χ3v) is 7.98. The highest BCUT2D eigenvalue weighted by atomic mass is 19.2. The van der Waals surface area contributed by atoms with Crippen LogP contribution in [0, 0.1) is 24.4 Å². The molecule has 2 aliphatic rings. The number of halogens is 3. The van der Waals surface area contributed by atoms with Crippen LogP contribution < -0.4 is 4.74 Å². The average Bonchev–Trinajstić information content (AvgIpc) is 3.37. The standard InChI is InChI=1S/C30H33F3N4O2/c1-5-19(3)35-15-23-8-7-21(10-20-6-9-26(28(11-20)39-4)36-14-18(2)34-17-36)30(38)37(23)27(16-35)22-12-24(31)29(33)25(32)13-22/h6,9-14,17,19,23,27H,5,7-8,15-16H2,1-4H3/b21-10+/t19?,23-,27?/m1/s1. The Morgan fingerprint density at radius 2 is 1.90 bits per heavy atom. The highest BCUT2D eigenvalue weighted by molar-refractivity contribution is 5.99. The summed E-state index contributed by atoms with van der Waals surface area (Å²) < 4.78 is 49.8. The fourth-order valence-corrected chi connectivity index (χ4v) is 5.67. The van der Waals surface area contributed by atoms with Crippen molar-refractivity contribution in [2.24, 2.45) is 0 Å². The molecular formula is C30H33F3N4O2. The van der Waals surface area contributed by atoms with Crippen molar-refractivity contribution in [3.8, 4) is 11.4 Å². The molecule has 0 radical (unpaired) electrons. The lowest BCUT2D eigenvalue weighted by Gasteiger charge is -2.51. The van der Waals surface area contributed by atoms with E-state index in [2.05, 4.69) is 23.7 Å². The molecule has 6 nitrogen and oxygen atoms in total. The van der Waals surface area contributed by atoms with E-state index in [1.54, 1.807) is 18.3 Å². The summed E-state index contributed by atoms with van der Waals surface area (Å²) in [6.45, 7) is 7.21. The molecule has 5 rings (SSSR count). The van der Waals surface area contributed by atoms with Crippen LogP contribution in [0.15, 0.2) is 48.4 Å². The Balaban J connectivity index is 1.49. The first-order valence-electron chi connectivity index (χ1n) is 13.3. The van der Waals surface area contributed by atoms with Gasteiger partial charge in [-0.05, 0) is 74.6 Å². The van der Waals surface area contributed by atoms with Gasteiger partial charge in [-0.2, -0.15) is 0 Å².